The molecule has 0 fully saturated rings. The zero-order valence-electron chi connectivity index (χ0n) is 10.3. The Morgan fingerprint density at radius 3 is 2.95 bits per heavy atom. The quantitative estimate of drug-likeness (QED) is 0.873. The van der Waals surface area contributed by atoms with Crippen LogP contribution in [0.5, 0.6) is 0 Å². The molecule has 0 saturated carbocycles. The highest BCUT2D eigenvalue weighted by atomic mass is 79.9. The van der Waals surface area contributed by atoms with E-state index in [0.717, 1.165) is 15.9 Å². The van der Waals surface area contributed by atoms with Gasteiger partial charge in [0.05, 0.1) is 9.47 Å². The fourth-order valence-electron chi connectivity index (χ4n) is 1.68. The Morgan fingerprint density at radius 2 is 2.32 bits per heavy atom. The molecule has 0 aromatic carbocycles. The lowest BCUT2D eigenvalue weighted by molar-refractivity contribution is 0.0697. The first-order valence-electron chi connectivity index (χ1n) is 5.74. The summed E-state index contributed by atoms with van der Waals surface area (Å²) in [6.07, 6.45) is 2.25. The van der Waals surface area contributed by atoms with Gasteiger partial charge in [0.2, 0.25) is 0 Å². The van der Waals surface area contributed by atoms with E-state index < -0.39 is 5.97 Å². The van der Waals surface area contributed by atoms with Crippen molar-refractivity contribution in [3.8, 4) is 0 Å². The summed E-state index contributed by atoms with van der Waals surface area (Å²) in [5.41, 5.74) is 1.62. The molecule has 100 valence electrons. The maximum Gasteiger partial charge on any atom is 0.339 e. The first-order valence-corrected chi connectivity index (χ1v) is 7.35. The first kappa shape index (κ1) is 14.0. The number of carboxylic acid groups (broad SMARTS) is 1. The predicted molar refractivity (Wildman–Crippen MR) is 80.1 cm³/mol. The van der Waals surface area contributed by atoms with Gasteiger partial charge in [0.1, 0.15) is 5.56 Å². The molecule has 19 heavy (non-hydrogen) atoms. The molecule has 2 heterocycles. The Morgan fingerprint density at radius 1 is 1.53 bits per heavy atom. The van der Waals surface area contributed by atoms with Gasteiger partial charge in [-0.05, 0) is 47.5 Å². The number of thiophene rings is 1. The van der Waals surface area contributed by atoms with E-state index in [-0.39, 0.29) is 5.56 Å². The van der Waals surface area contributed by atoms with Gasteiger partial charge < -0.3 is 10.4 Å². The summed E-state index contributed by atoms with van der Waals surface area (Å²) in [4.78, 5) is 16.3. The van der Waals surface area contributed by atoms with E-state index in [1.807, 2.05) is 13.0 Å². The highest BCUT2D eigenvalue weighted by Gasteiger charge is 2.10. The summed E-state index contributed by atoms with van der Waals surface area (Å²) in [7, 11) is 0. The van der Waals surface area contributed by atoms with E-state index in [1.54, 1.807) is 17.4 Å². The van der Waals surface area contributed by atoms with Crippen LogP contribution in [0.2, 0.25) is 0 Å². The number of hydrogen-bond donors (Lipinski definition) is 2. The van der Waals surface area contributed by atoms with Gasteiger partial charge in [-0.15, -0.1) is 11.3 Å². The number of carbonyl (C=O) groups is 1. The number of pyridine rings is 1. The molecule has 2 N–H and O–H groups in total. The molecule has 2 aromatic heterocycles. The van der Waals surface area contributed by atoms with Gasteiger partial charge in [0.25, 0.3) is 0 Å². The van der Waals surface area contributed by atoms with Crippen LogP contribution < -0.4 is 5.32 Å². The van der Waals surface area contributed by atoms with Crippen LogP contribution in [-0.4, -0.2) is 22.6 Å². The molecular formula is C13H13BrN2O2S. The Labute approximate surface area is 123 Å². The number of aromatic nitrogens is 1. The van der Waals surface area contributed by atoms with E-state index in [4.69, 9.17) is 5.11 Å². The smallest absolute Gasteiger partial charge is 0.339 e. The van der Waals surface area contributed by atoms with E-state index in [1.165, 1.54) is 11.1 Å². The number of nitrogens with zero attached hydrogens (tertiary/aromatic N) is 1. The number of aryl methyl sites for hydroxylation is 1. The van der Waals surface area contributed by atoms with Crippen molar-refractivity contribution in [2.45, 2.75) is 13.3 Å². The second-order valence-corrected chi connectivity index (χ2v) is 6.61. The summed E-state index contributed by atoms with van der Waals surface area (Å²) in [6.45, 7) is 2.53. The second-order valence-electron chi connectivity index (χ2n) is 4.06. The van der Waals surface area contributed by atoms with Gasteiger partial charge in [-0.2, -0.15) is 0 Å². The molecule has 0 aliphatic rings. The molecule has 6 heteroatoms. The molecule has 2 aromatic rings. The number of carboxylic acids is 1. The fourth-order valence-corrected chi connectivity index (χ4v) is 3.17. The van der Waals surface area contributed by atoms with E-state index in [2.05, 4.69) is 32.3 Å². The molecule has 4 nitrogen and oxygen atoms in total. The van der Waals surface area contributed by atoms with Crippen LogP contribution in [0.1, 0.15) is 20.9 Å². The number of aromatic carboxylic acids is 1. The van der Waals surface area contributed by atoms with Gasteiger partial charge >= 0.3 is 5.97 Å². The zero-order valence-corrected chi connectivity index (χ0v) is 12.7. The molecule has 0 amide bonds. The third kappa shape index (κ3) is 3.78. The summed E-state index contributed by atoms with van der Waals surface area (Å²) in [5.74, 6) is -0.964. The van der Waals surface area contributed by atoms with Gasteiger partial charge in [-0.1, -0.05) is 0 Å². The van der Waals surface area contributed by atoms with Crippen LogP contribution in [0.4, 0.5) is 5.69 Å². The lowest BCUT2D eigenvalue weighted by Crippen LogP contribution is -2.10. The van der Waals surface area contributed by atoms with Crippen molar-refractivity contribution in [1.82, 2.24) is 4.98 Å². The van der Waals surface area contributed by atoms with Crippen molar-refractivity contribution in [3.05, 3.63) is 44.3 Å². The highest BCUT2D eigenvalue weighted by Crippen LogP contribution is 2.22. The number of halogens is 1. The molecule has 0 saturated heterocycles. The zero-order chi connectivity index (χ0) is 13.8. The Kier molecular flexibility index (Phi) is 4.55. The van der Waals surface area contributed by atoms with Crippen molar-refractivity contribution < 1.29 is 9.90 Å². The van der Waals surface area contributed by atoms with Crippen LogP contribution in [-0.2, 0) is 6.42 Å². The predicted octanol–water partition coefficient (Wildman–Crippen LogP) is 3.57. The van der Waals surface area contributed by atoms with Crippen molar-refractivity contribution in [3.63, 3.8) is 0 Å². The number of hydrogen-bond acceptors (Lipinski definition) is 4. The van der Waals surface area contributed by atoms with Gasteiger partial charge in [-0.25, -0.2) is 4.79 Å². The van der Waals surface area contributed by atoms with Crippen molar-refractivity contribution in [2.24, 2.45) is 0 Å². The van der Waals surface area contributed by atoms with Gasteiger partial charge in [-0.3, -0.25) is 4.98 Å². The van der Waals surface area contributed by atoms with Crippen LogP contribution >= 0.6 is 27.3 Å². The van der Waals surface area contributed by atoms with Gasteiger partial charge in [0, 0.05) is 23.3 Å². The van der Waals surface area contributed by atoms with Crippen molar-refractivity contribution >= 4 is 38.9 Å². The minimum Gasteiger partial charge on any atom is -0.478 e. The molecule has 0 bridgehead atoms. The minimum atomic E-state index is -0.964. The number of rotatable bonds is 5. The molecule has 0 spiro atoms. The topological polar surface area (TPSA) is 62.2 Å². The summed E-state index contributed by atoms with van der Waals surface area (Å²) in [5, 5.41) is 12.3. The Balaban J connectivity index is 2.02. The minimum absolute atomic E-state index is 0.206. The first-order chi connectivity index (χ1) is 9.06. The number of anilines is 1. The van der Waals surface area contributed by atoms with Crippen LogP contribution in [0.25, 0.3) is 0 Å². The summed E-state index contributed by atoms with van der Waals surface area (Å²) in [6, 6.07) is 5.83. The van der Waals surface area contributed by atoms with Crippen molar-refractivity contribution in [2.75, 3.05) is 11.9 Å². The summed E-state index contributed by atoms with van der Waals surface area (Å²) < 4.78 is 1.11. The highest BCUT2D eigenvalue weighted by molar-refractivity contribution is 9.11. The average molecular weight is 341 g/mol. The van der Waals surface area contributed by atoms with Crippen LogP contribution in [0.3, 0.4) is 0 Å². The van der Waals surface area contributed by atoms with Crippen molar-refractivity contribution in [1.29, 1.82) is 0 Å². The second kappa shape index (κ2) is 6.16. The lowest BCUT2D eigenvalue weighted by atomic mass is 10.2. The molecule has 0 unspecified atom stereocenters. The monoisotopic (exact) mass is 340 g/mol. The Bertz CT molecular complexity index is 598. The maximum atomic E-state index is 11.1. The third-order valence-corrected chi connectivity index (χ3v) is 4.27. The Hall–Kier alpha value is -1.40. The SMILES string of the molecule is Cc1cc(NCCc2ccc(Br)s2)c(C(=O)O)cn1. The molecular weight excluding hydrogens is 328 g/mol. The van der Waals surface area contributed by atoms with Crippen LogP contribution in [0, 0.1) is 6.92 Å². The molecule has 0 aliphatic heterocycles. The van der Waals surface area contributed by atoms with E-state index in [9.17, 15) is 4.79 Å². The largest absolute Gasteiger partial charge is 0.478 e. The fraction of sp³-hybridized carbons (Fsp3) is 0.231. The molecule has 0 radical (unpaired) electrons. The third-order valence-electron chi connectivity index (χ3n) is 2.59. The number of nitrogens with one attached hydrogen (secondary N) is 1. The standard InChI is InChI=1S/C13H13BrN2O2S/c1-8-6-11(10(7-16-8)13(17)18)15-5-4-9-2-3-12(14)19-9/h2-3,6-7H,4-5H2,1H3,(H,15,16)(H,17,18). The van der Waals surface area contributed by atoms with Gasteiger partial charge in [0.15, 0.2) is 0 Å². The lowest BCUT2D eigenvalue weighted by Gasteiger charge is -2.09. The normalized spacial score (nSPS) is 10.4. The summed E-state index contributed by atoms with van der Waals surface area (Å²) >= 11 is 5.11. The average Bonchev–Trinajstić information content (AvgIpc) is 2.75. The molecule has 0 aliphatic carbocycles. The van der Waals surface area contributed by atoms with E-state index >= 15 is 0 Å². The molecule has 0 atom stereocenters. The maximum absolute atomic E-state index is 11.1. The molecule has 2 rings (SSSR count). The van der Waals surface area contributed by atoms with E-state index in [0.29, 0.717) is 12.2 Å². The van der Waals surface area contributed by atoms with Crippen LogP contribution in [0.15, 0.2) is 28.2 Å².